The van der Waals surface area contributed by atoms with Crippen molar-refractivity contribution < 1.29 is 14.7 Å². The van der Waals surface area contributed by atoms with Crippen LogP contribution in [0.5, 0.6) is 0 Å². The van der Waals surface area contributed by atoms with Crippen LogP contribution in [0.15, 0.2) is 11.6 Å². The van der Waals surface area contributed by atoms with Crippen molar-refractivity contribution in [2.45, 2.75) is 45.2 Å². The van der Waals surface area contributed by atoms with Crippen molar-refractivity contribution in [3.05, 3.63) is 16.6 Å². The SMILES string of the molecule is CC1CCCC(C)C1(NC(=O)NCc1nccs1)C(=O)O. The molecule has 0 aliphatic heterocycles. The van der Waals surface area contributed by atoms with Crippen molar-refractivity contribution in [3.8, 4) is 0 Å². The fourth-order valence-corrected chi connectivity index (χ4v) is 3.68. The average molecular weight is 311 g/mol. The van der Waals surface area contributed by atoms with Crippen LogP contribution in [0, 0.1) is 11.8 Å². The number of urea groups is 1. The molecule has 0 aromatic carbocycles. The van der Waals surface area contributed by atoms with Gasteiger partial charge in [-0.05, 0) is 24.7 Å². The van der Waals surface area contributed by atoms with Gasteiger partial charge < -0.3 is 15.7 Å². The minimum absolute atomic E-state index is 0.0932. The second kappa shape index (κ2) is 6.43. The Hall–Kier alpha value is -1.63. The number of carboxylic acids is 1. The Morgan fingerprint density at radius 1 is 1.43 bits per heavy atom. The summed E-state index contributed by atoms with van der Waals surface area (Å²) < 4.78 is 0. The first-order valence-corrected chi connectivity index (χ1v) is 8.02. The summed E-state index contributed by atoms with van der Waals surface area (Å²) in [4.78, 5) is 28.0. The highest BCUT2D eigenvalue weighted by molar-refractivity contribution is 7.09. The number of carbonyl (C=O) groups excluding carboxylic acids is 1. The van der Waals surface area contributed by atoms with Crippen LogP contribution in [0.25, 0.3) is 0 Å². The topological polar surface area (TPSA) is 91.3 Å². The molecular formula is C14H21N3O3S. The number of rotatable bonds is 4. The van der Waals surface area contributed by atoms with Gasteiger partial charge in [0.1, 0.15) is 10.5 Å². The van der Waals surface area contributed by atoms with Crippen LogP contribution in [0.3, 0.4) is 0 Å². The van der Waals surface area contributed by atoms with Gasteiger partial charge in [0.15, 0.2) is 0 Å². The van der Waals surface area contributed by atoms with Gasteiger partial charge in [-0.2, -0.15) is 0 Å². The Morgan fingerprint density at radius 2 is 2.10 bits per heavy atom. The van der Waals surface area contributed by atoms with Gasteiger partial charge in [-0.15, -0.1) is 11.3 Å². The van der Waals surface area contributed by atoms with E-state index in [2.05, 4.69) is 15.6 Å². The van der Waals surface area contributed by atoms with Crippen molar-refractivity contribution in [1.82, 2.24) is 15.6 Å². The maximum Gasteiger partial charge on any atom is 0.330 e. The highest BCUT2D eigenvalue weighted by atomic mass is 32.1. The standard InChI is InChI=1S/C14H21N3O3S/c1-9-4-3-5-10(2)14(9,12(18)19)17-13(20)16-8-11-15-6-7-21-11/h6-7,9-10H,3-5,8H2,1-2H3,(H,18,19)(H2,16,17,20). The number of hydrogen-bond acceptors (Lipinski definition) is 4. The van der Waals surface area contributed by atoms with Crippen LogP contribution in [-0.2, 0) is 11.3 Å². The van der Waals surface area contributed by atoms with Crippen molar-refractivity contribution in [2.24, 2.45) is 11.8 Å². The second-order valence-electron chi connectivity index (χ2n) is 5.64. The van der Waals surface area contributed by atoms with Crippen LogP contribution in [0.1, 0.15) is 38.1 Å². The summed E-state index contributed by atoms with van der Waals surface area (Å²) in [6.45, 7) is 4.09. The van der Waals surface area contributed by atoms with E-state index < -0.39 is 17.5 Å². The number of carboxylic acid groups (broad SMARTS) is 1. The predicted octanol–water partition coefficient (Wildman–Crippen LogP) is 2.22. The zero-order valence-electron chi connectivity index (χ0n) is 12.3. The first-order chi connectivity index (χ1) is 9.96. The van der Waals surface area contributed by atoms with E-state index >= 15 is 0 Å². The van der Waals surface area contributed by atoms with E-state index in [1.54, 1.807) is 6.20 Å². The monoisotopic (exact) mass is 311 g/mol. The van der Waals surface area contributed by atoms with Crippen molar-refractivity contribution >= 4 is 23.3 Å². The number of aliphatic carboxylic acids is 1. The summed E-state index contributed by atoms with van der Waals surface area (Å²) in [7, 11) is 0. The zero-order valence-corrected chi connectivity index (χ0v) is 13.1. The summed E-state index contributed by atoms with van der Waals surface area (Å²) in [5, 5.41) is 17.7. The Bertz CT molecular complexity index is 494. The van der Waals surface area contributed by atoms with Gasteiger partial charge in [0, 0.05) is 11.6 Å². The molecule has 2 unspecified atom stereocenters. The lowest BCUT2D eigenvalue weighted by molar-refractivity contribution is -0.151. The van der Waals surface area contributed by atoms with E-state index in [9.17, 15) is 14.7 Å². The molecule has 1 aliphatic rings. The normalized spacial score (nSPS) is 28.9. The fourth-order valence-electron chi connectivity index (χ4n) is 3.12. The van der Waals surface area contributed by atoms with Gasteiger partial charge in [-0.25, -0.2) is 14.6 Å². The number of nitrogens with zero attached hydrogens (tertiary/aromatic N) is 1. The lowest BCUT2D eigenvalue weighted by Gasteiger charge is -2.44. The Morgan fingerprint density at radius 3 is 2.62 bits per heavy atom. The fraction of sp³-hybridized carbons (Fsp3) is 0.643. The van der Waals surface area contributed by atoms with Gasteiger partial charge in [0.2, 0.25) is 0 Å². The molecule has 2 rings (SSSR count). The van der Waals surface area contributed by atoms with Crippen LogP contribution < -0.4 is 10.6 Å². The van der Waals surface area contributed by atoms with Crippen molar-refractivity contribution in [2.75, 3.05) is 0 Å². The molecule has 0 bridgehead atoms. The van der Waals surface area contributed by atoms with E-state index in [-0.39, 0.29) is 11.8 Å². The maximum atomic E-state index is 12.1. The predicted molar refractivity (Wildman–Crippen MR) is 80.0 cm³/mol. The van der Waals surface area contributed by atoms with Crippen LogP contribution in [-0.4, -0.2) is 27.6 Å². The number of thiazole rings is 1. The molecule has 116 valence electrons. The summed E-state index contributed by atoms with van der Waals surface area (Å²) in [5.41, 5.74) is -1.19. The molecule has 6 nitrogen and oxygen atoms in total. The van der Waals surface area contributed by atoms with Gasteiger partial charge >= 0.3 is 12.0 Å². The quantitative estimate of drug-likeness (QED) is 0.795. The van der Waals surface area contributed by atoms with Crippen LogP contribution in [0.2, 0.25) is 0 Å². The molecule has 3 N–H and O–H groups in total. The van der Waals surface area contributed by atoms with E-state index in [1.165, 1.54) is 11.3 Å². The van der Waals surface area contributed by atoms with Crippen LogP contribution in [0.4, 0.5) is 4.79 Å². The Kier molecular flexibility index (Phi) is 4.82. The summed E-state index contributed by atoms with van der Waals surface area (Å²) >= 11 is 1.45. The van der Waals surface area contributed by atoms with Crippen molar-refractivity contribution in [1.29, 1.82) is 0 Å². The molecule has 1 heterocycles. The lowest BCUT2D eigenvalue weighted by atomic mass is 9.67. The first kappa shape index (κ1) is 15.8. The van der Waals surface area contributed by atoms with E-state index in [0.29, 0.717) is 6.54 Å². The number of nitrogens with one attached hydrogen (secondary N) is 2. The average Bonchev–Trinajstić information content (AvgIpc) is 2.94. The van der Waals surface area contributed by atoms with Gasteiger partial charge in [0.05, 0.1) is 6.54 Å². The molecule has 7 heteroatoms. The summed E-state index contributed by atoms with van der Waals surface area (Å²) in [6, 6.07) is -0.451. The third-order valence-electron chi connectivity index (χ3n) is 4.39. The smallest absolute Gasteiger partial charge is 0.330 e. The van der Waals surface area contributed by atoms with E-state index in [1.807, 2.05) is 19.2 Å². The minimum atomic E-state index is -1.19. The number of aromatic nitrogens is 1. The molecule has 21 heavy (non-hydrogen) atoms. The van der Waals surface area contributed by atoms with Gasteiger partial charge in [0.25, 0.3) is 0 Å². The number of carbonyl (C=O) groups is 2. The second-order valence-corrected chi connectivity index (χ2v) is 6.62. The third-order valence-corrected chi connectivity index (χ3v) is 5.17. The summed E-state index contributed by atoms with van der Waals surface area (Å²) in [5.74, 6) is -1.14. The molecule has 1 fully saturated rings. The lowest BCUT2D eigenvalue weighted by Crippen LogP contribution is -2.65. The Labute approximate surface area is 128 Å². The highest BCUT2D eigenvalue weighted by Gasteiger charge is 2.51. The molecule has 0 saturated heterocycles. The Balaban J connectivity index is 2.05. The van der Waals surface area contributed by atoms with Crippen LogP contribution >= 0.6 is 11.3 Å². The molecule has 0 spiro atoms. The molecule has 0 radical (unpaired) electrons. The van der Waals surface area contributed by atoms with Gasteiger partial charge in [-0.1, -0.05) is 20.3 Å². The molecular weight excluding hydrogens is 290 g/mol. The van der Waals surface area contributed by atoms with Gasteiger partial charge in [-0.3, -0.25) is 0 Å². The molecule has 1 saturated carbocycles. The zero-order chi connectivity index (χ0) is 15.5. The summed E-state index contributed by atoms with van der Waals surface area (Å²) in [6.07, 6.45) is 4.29. The molecule has 1 aromatic rings. The molecule has 2 amide bonds. The first-order valence-electron chi connectivity index (χ1n) is 7.14. The third kappa shape index (κ3) is 3.18. The van der Waals surface area contributed by atoms with Crippen molar-refractivity contribution in [3.63, 3.8) is 0 Å². The molecule has 1 aromatic heterocycles. The van der Waals surface area contributed by atoms with E-state index in [0.717, 1.165) is 24.3 Å². The maximum absolute atomic E-state index is 12.1. The largest absolute Gasteiger partial charge is 0.479 e. The van der Waals surface area contributed by atoms with E-state index in [4.69, 9.17) is 0 Å². The number of amides is 2. The molecule has 1 aliphatic carbocycles. The number of hydrogen-bond donors (Lipinski definition) is 3. The molecule has 2 atom stereocenters. The minimum Gasteiger partial charge on any atom is -0.479 e. The highest BCUT2D eigenvalue weighted by Crippen LogP contribution is 2.38.